The number of hydrogen-bond acceptors (Lipinski definition) is 5. The lowest BCUT2D eigenvalue weighted by Crippen LogP contribution is -2.48. The Hall–Kier alpha value is -2.56. The van der Waals surface area contributed by atoms with E-state index in [1.54, 1.807) is 42.5 Å². The van der Waals surface area contributed by atoms with Gasteiger partial charge in [-0.3, -0.25) is 14.7 Å². The SMILES string of the molecule is O=C(O)COC1(COC2(c3ccc(Cl)cc3)c3c(F)cc(Br)cc3C(=O)N2Cc2ccc(Cl)cn2)CC1. The molecule has 2 aliphatic rings. The molecule has 1 aliphatic carbocycles. The number of carboxylic acids is 1. The number of pyridine rings is 1. The van der Waals surface area contributed by atoms with Gasteiger partial charge in [-0.15, -0.1) is 0 Å². The maximum atomic E-state index is 15.8. The number of fused-ring (bicyclic) bond motifs is 1. The molecule has 7 nitrogen and oxygen atoms in total. The summed E-state index contributed by atoms with van der Waals surface area (Å²) in [5.41, 5.74) is -1.40. The lowest BCUT2D eigenvalue weighted by atomic mass is 9.92. The normalized spacial score (nSPS) is 19.7. The summed E-state index contributed by atoms with van der Waals surface area (Å²) in [6.45, 7) is -0.588. The zero-order valence-corrected chi connectivity index (χ0v) is 22.3. The van der Waals surface area contributed by atoms with Gasteiger partial charge in [0.15, 0.2) is 5.72 Å². The van der Waals surface area contributed by atoms with E-state index in [2.05, 4.69) is 20.9 Å². The molecule has 5 rings (SSSR count). The summed E-state index contributed by atoms with van der Waals surface area (Å²) in [7, 11) is 0. The number of hydrogen-bond donors (Lipinski definition) is 1. The molecule has 3 aromatic rings. The molecule has 11 heteroatoms. The first kappa shape index (κ1) is 26.1. The lowest BCUT2D eigenvalue weighted by molar-refractivity contribution is -0.161. The first-order valence-corrected chi connectivity index (χ1v) is 12.9. The van der Waals surface area contributed by atoms with Crippen LogP contribution < -0.4 is 0 Å². The number of carbonyl (C=O) groups is 2. The van der Waals surface area contributed by atoms with E-state index >= 15 is 4.39 Å². The van der Waals surface area contributed by atoms with Crippen LogP contribution in [0.25, 0.3) is 0 Å². The van der Waals surface area contributed by atoms with Crippen LogP contribution in [0.3, 0.4) is 0 Å². The third-order valence-corrected chi connectivity index (χ3v) is 7.38. The van der Waals surface area contributed by atoms with E-state index in [-0.39, 0.29) is 24.3 Å². The van der Waals surface area contributed by atoms with E-state index in [0.29, 0.717) is 38.6 Å². The van der Waals surface area contributed by atoms with Gasteiger partial charge < -0.3 is 14.6 Å². The Morgan fingerprint density at radius 3 is 2.43 bits per heavy atom. The van der Waals surface area contributed by atoms with Crippen LogP contribution in [0, 0.1) is 5.82 Å². The van der Waals surface area contributed by atoms with Crippen molar-refractivity contribution in [1.82, 2.24) is 9.88 Å². The van der Waals surface area contributed by atoms with Crippen molar-refractivity contribution in [3.05, 3.63) is 97.4 Å². The first-order valence-electron chi connectivity index (χ1n) is 11.3. The van der Waals surface area contributed by atoms with E-state index in [1.807, 2.05) is 0 Å². The van der Waals surface area contributed by atoms with E-state index in [4.69, 9.17) is 37.8 Å². The fourth-order valence-corrected chi connectivity index (χ4v) is 5.15. The number of benzene rings is 2. The van der Waals surface area contributed by atoms with Crippen molar-refractivity contribution < 1.29 is 28.6 Å². The summed E-state index contributed by atoms with van der Waals surface area (Å²) < 4.78 is 28.3. The molecule has 0 spiro atoms. The maximum Gasteiger partial charge on any atom is 0.329 e. The zero-order valence-electron chi connectivity index (χ0n) is 19.2. The highest BCUT2D eigenvalue weighted by molar-refractivity contribution is 9.10. The number of aliphatic carboxylic acids is 1. The fourth-order valence-electron chi connectivity index (χ4n) is 4.49. The Morgan fingerprint density at radius 1 is 1.11 bits per heavy atom. The second-order valence-corrected chi connectivity index (χ2v) is 10.8. The number of aromatic nitrogens is 1. The molecular formula is C26H20BrCl2FN2O5. The molecule has 1 atom stereocenters. The van der Waals surface area contributed by atoms with Crippen LogP contribution in [-0.4, -0.2) is 45.7 Å². The second-order valence-electron chi connectivity index (χ2n) is 8.97. The monoisotopic (exact) mass is 608 g/mol. The van der Waals surface area contributed by atoms with Crippen molar-refractivity contribution in [1.29, 1.82) is 0 Å². The minimum absolute atomic E-state index is 0.0205. The molecule has 1 unspecified atom stereocenters. The average molecular weight is 610 g/mol. The molecule has 2 heterocycles. The Kier molecular flexibility index (Phi) is 7.02. The number of carbonyl (C=O) groups excluding carboxylic acids is 1. The minimum Gasteiger partial charge on any atom is -0.480 e. The Bertz CT molecular complexity index is 1370. The quantitative estimate of drug-likeness (QED) is 0.330. The van der Waals surface area contributed by atoms with E-state index in [0.717, 1.165) is 0 Å². The maximum absolute atomic E-state index is 15.8. The van der Waals surface area contributed by atoms with Gasteiger partial charge in [-0.25, -0.2) is 9.18 Å². The number of ether oxygens (including phenoxy) is 2. The van der Waals surface area contributed by atoms with Gasteiger partial charge in [0.25, 0.3) is 5.91 Å². The molecule has 0 saturated heterocycles. The Morgan fingerprint density at radius 2 is 1.81 bits per heavy atom. The van der Waals surface area contributed by atoms with Crippen molar-refractivity contribution >= 4 is 51.0 Å². The highest BCUT2D eigenvalue weighted by atomic mass is 79.9. The first-order chi connectivity index (χ1) is 17.6. The summed E-state index contributed by atoms with van der Waals surface area (Å²) in [5, 5.41) is 9.97. The van der Waals surface area contributed by atoms with Gasteiger partial charge in [-0.05, 0) is 49.2 Å². The molecule has 192 valence electrons. The van der Waals surface area contributed by atoms with Crippen molar-refractivity contribution in [3.63, 3.8) is 0 Å². The predicted molar refractivity (Wildman–Crippen MR) is 137 cm³/mol. The molecule has 1 fully saturated rings. The van der Waals surface area contributed by atoms with Crippen LogP contribution in [-0.2, 0) is 26.5 Å². The molecule has 0 bridgehead atoms. The molecule has 37 heavy (non-hydrogen) atoms. The number of rotatable bonds is 9. The van der Waals surface area contributed by atoms with Gasteiger partial charge >= 0.3 is 5.97 Å². The smallest absolute Gasteiger partial charge is 0.329 e. The minimum atomic E-state index is -1.70. The lowest BCUT2D eigenvalue weighted by Gasteiger charge is -2.40. The molecule has 2 aromatic carbocycles. The highest BCUT2D eigenvalue weighted by Crippen LogP contribution is 2.50. The van der Waals surface area contributed by atoms with Crippen molar-refractivity contribution in [2.45, 2.75) is 30.7 Å². The van der Waals surface area contributed by atoms with Crippen LogP contribution in [0.1, 0.15) is 40.0 Å². The molecule has 1 amide bonds. The van der Waals surface area contributed by atoms with Crippen molar-refractivity contribution in [2.75, 3.05) is 13.2 Å². The molecule has 1 aromatic heterocycles. The van der Waals surface area contributed by atoms with Gasteiger partial charge in [0.2, 0.25) is 0 Å². The summed E-state index contributed by atoms with van der Waals surface area (Å²) in [6.07, 6.45) is 2.60. The van der Waals surface area contributed by atoms with Gasteiger partial charge in [-0.2, -0.15) is 0 Å². The zero-order chi connectivity index (χ0) is 26.4. The highest BCUT2D eigenvalue weighted by Gasteiger charge is 2.57. The van der Waals surface area contributed by atoms with Crippen LogP contribution in [0.2, 0.25) is 10.0 Å². The van der Waals surface area contributed by atoms with Gasteiger partial charge in [-0.1, -0.05) is 51.3 Å². The molecule has 1 aliphatic heterocycles. The molecule has 0 radical (unpaired) electrons. The third-order valence-electron chi connectivity index (χ3n) is 6.45. The number of halogens is 4. The third kappa shape index (κ3) is 4.98. The van der Waals surface area contributed by atoms with E-state index in [1.165, 1.54) is 17.2 Å². The summed E-state index contributed by atoms with van der Waals surface area (Å²) in [4.78, 5) is 30.7. The van der Waals surface area contributed by atoms with Crippen molar-refractivity contribution in [2.24, 2.45) is 0 Å². The molecule has 1 N–H and O–H groups in total. The van der Waals surface area contributed by atoms with Crippen LogP contribution in [0.15, 0.2) is 59.2 Å². The van der Waals surface area contributed by atoms with Gasteiger partial charge in [0, 0.05) is 21.3 Å². The predicted octanol–water partition coefficient (Wildman–Crippen LogP) is 5.80. The number of nitrogens with zero attached hydrogens (tertiary/aromatic N) is 2. The number of carboxylic acid groups (broad SMARTS) is 1. The molecular weight excluding hydrogens is 590 g/mol. The standard InChI is InChI=1S/C26H20BrCl2FN2O5/c27-16-9-20-23(21(30)10-16)26(15-1-3-17(28)4-2-15,37-14-25(7-8-25)36-13-22(33)34)32(24(20)35)12-19-6-5-18(29)11-31-19/h1-6,9-11H,7-8,12-14H2,(H,33,34). The second kappa shape index (κ2) is 9.96. The largest absolute Gasteiger partial charge is 0.480 e. The fraction of sp³-hybridized carbons (Fsp3) is 0.269. The van der Waals surface area contributed by atoms with Crippen LogP contribution in [0.4, 0.5) is 4.39 Å². The summed E-state index contributed by atoms with van der Waals surface area (Å²) in [5.74, 6) is -2.21. The average Bonchev–Trinajstić information content (AvgIpc) is 3.60. The van der Waals surface area contributed by atoms with Crippen LogP contribution in [0.5, 0.6) is 0 Å². The Balaban J connectivity index is 1.65. The number of amides is 1. The van der Waals surface area contributed by atoms with Crippen LogP contribution >= 0.6 is 39.1 Å². The van der Waals surface area contributed by atoms with Crippen molar-refractivity contribution in [3.8, 4) is 0 Å². The van der Waals surface area contributed by atoms with Gasteiger partial charge in [0.1, 0.15) is 12.4 Å². The summed E-state index contributed by atoms with van der Waals surface area (Å²) in [6, 6.07) is 12.8. The topological polar surface area (TPSA) is 89.0 Å². The van der Waals surface area contributed by atoms with Gasteiger partial charge in [0.05, 0.1) is 40.6 Å². The van der Waals surface area contributed by atoms with E-state index in [9.17, 15) is 9.59 Å². The van der Waals surface area contributed by atoms with E-state index < -0.39 is 35.6 Å². The molecule has 1 saturated carbocycles. The Labute approximate surface area is 230 Å². The summed E-state index contributed by atoms with van der Waals surface area (Å²) >= 11 is 15.4.